The number of benzene rings is 3. The highest BCUT2D eigenvalue weighted by Crippen LogP contribution is 2.43. The van der Waals surface area contributed by atoms with Gasteiger partial charge in [0, 0.05) is 0 Å². The molecule has 0 bridgehead atoms. The number of methoxy groups -OCH3 is 1. The van der Waals surface area contributed by atoms with Crippen LogP contribution >= 0.6 is 0 Å². The second-order valence-electron chi connectivity index (χ2n) is 11.6. The summed E-state index contributed by atoms with van der Waals surface area (Å²) in [6, 6.07) is 18.1. The van der Waals surface area contributed by atoms with Gasteiger partial charge in [-0.15, -0.1) is 0 Å². The summed E-state index contributed by atoms with van der Waals surface area (Å²) in [6.45, 7) is 14.5. The number of rotatable bonds is 8. The fourth-order valence-electron chi connectivity index (χ4n) is 4.79. The smallest absolute Gasteiger partial charge is 0.411 e. The average Bonchev–Trinajstić information content (AvgIpc) is 3.19. The van der Waals surface area contributed by atoms with E-state index in [0.29, 0.717) is 17.1 Å². The van der Waals surface area contributed by atoms with Gasteiger partial charge in [-0.25, -0.2) is 9.59 Å². The van der Waals surface area contributed by atoms with Crippen molar-refractivity contribution >= 4 is 39.5 Å². The maximum absolute atomic E-state index is 13.4. The molecule has 3 unspecified atom stereocenters. The lowest BCUT2D eigenvalue weighted by Gasteiger charge is -2.30. The number of cyclic esters (lactones) is 1. The predicted molar refractivity (Wildman–Crippen MR) is 154 cm³/mol. The summed E-state index contributed by atoms with van der Waals surface area (Å²) >= 11 is 0. The molecule has 0 saturated carbocycles. The van der Waals surface area contributed by atoms with Gasteiger partial charge >= 0.3 is 12.1 Å². The number of fused-ring (bicyclic) bond motifs is 1. The number of esters is 1. The third kappa shape index (κ3) is 5.89. The molecule has 0 aromatic heterocycles. The summed E-state index contributed by atoms with van der Waals surface area (Å²) in [4.78, 5) is 28.0. The van der Waals surface area contributed by atoms with Crippen LogP contribution < -0.4 is 8.85 Å². The number of ether oxygens (including phenoxy) is 2. The molecule has 3 aromatic rings. The van der Waals surface area contributed by atoms with Crippen LogP contribution in [-0.2, 0) is 14.3 Å². The Kier molecular flexibility index (Phi) is 7.63. The highest BCUT2D eigenvalue weighted by molar-refractivity contribution is 6.71. The minimum atomic E-state index is -2.00. The van der Waals surface area contributed by atoms with Gasteiger partial charge in [-0.05, 0) is 80.2 Å². The molecule has 0 aliphatic carbocycles. The summed E-state index contributed by atoms with van der Waals surface area (Å²) in [5.74, 6) is 0.725. The number of hydrogen-bond acceptors (Lipinski definition) is 6. The van der Waals surface area contributed by atoms with Crippen LogP contribution in [0.15, 0.2) is 60.7 Å². The summed E-state index contributed by atoms with van der Waals surface area (Å²) in [6.07, 6.45) is -1.43. The van der Waals surface area contributed by atoms with Crippen molar-refractivity contribution in [2.24, 2.45) is 0 Å². The Hall–Kier alpha value is -3.31. The van der Waals surface area contributed by atoms with Crippen molar-refractivity contribution in [3.05, 3.63) is 71.8 Å². The second-order valence-corrected chi connectivity index (χ2v) is 20.4. The fraction of sp³-hybridized carbons (Fsp3) is 0.379. The van der Waals surface area contributed by atoms with E-state index in [-0.39, 0.29) is 0 Å². The van der Waals surface area contributed by atoms with Crippen LogP contribution in [-0.4, -0.2) is 46.7 Å². The highest BCUT2D eigenvalue weighted by atomic mass is 28.4. The summed E-state index contributed by atoms with van der Waals surface area (Å²) < 4.78 is 23.8. The lowest BCUT2D eigenvalue weighted by Crippen LogP contribution is -2.42. The van der Waals surface area contributed by atoms with Gasteiger partial charge in [-0.2, -0.15) is 0 Å². The molecule has 1 aliphatic heterocycles. The molecular formula is C29H37NO6Si2. The molecule has 0 N–H and O–H groups in total. The molecule has 1 aliphatic rings. The quantitative estimate of drug-likeness (QED) is 0.220. The zero-order chi connectivity index (χ0) is 27.8. The maximum atomic E-state index is 13.4. The fourth-order valence-corrected chi connectivity index (χ4v) is 6.44. The second kappa shape index (κ2) is 10.5. The van der Waals surface area contributed by atoms with Crippen LogP contribution in [0.4, 0.5) is 4.79 Å². The van der Waals surface area contributed by atoms with E-state index in [1.807, 2.05) is 67.6 Å². The van der Waals surface area contributed by atoms with E-state index in [1.165, 1.54) is 12.0 Å². The molecule has 3 aromatic carbocycles. The van der Waals surface area contributed by atoms with E-state index in [2.05, 4.69) is 39.3 Å². The van der Waals surface area contributed by atoms with Crippen molar-refractivity contribution in [2.75, 3.05) is 7.11 Å². The van der Waals surface area contributed by atoms with Crippen molar-refractivity contribution in [2.45, 2.75) is 64.4 Å². The van der Waals surface area contributed by atoms with Gasteiger partial charge in [0.2, 0.25) is 16.6 Å². The predicted octanol–water partition coefficient (Wildman–Crippen LogP) is 7.06. The summed E-state index contributed by atoms with van der Waals surface area (Å²) in [5, 5.41) is 2.07. The van der Waals surface area contributed by atoms with Crippen LogP contribution in [0.5, 0.6) is 11.5 Å². The van der Waals surface area contributed by atoms with Gasteiger partial charge in [-0.1, -0.05) is 48.5 Å². The largest absolute Gasteiger partial charge is 0.542 e. The number of carbonyl (C=O) groups is 2. The molecule has 7 nitrogen and oxygen atoms in total. The van der Waals surface area contributed by atoms with Gasteiger partial charge in [0.25, 0.3) is 0 Å². The zero-order valence-electron chi connectivity index (χ0n) is 23.4. The van der Waals surface area contributed by atoms with Gasteiger partial charge < -0.3 is 18.3 Å². The van der Waals surface area contributed by atoms with Crippen LogP contribution in [0.2, 0.25) is 39.3 Å². The minimum Gasteiger partial charge on any atom is -0.542 e. The van der Waals surface area contributed by atoms with Crippen molar-refractivity contribution in [3.8, 4) is 11.5 Å². The van der Waals surface area contributed by atoms with E-state index in [9.17, 15) is 9.59 Å². The summed E-state index contributed by atoms with van der Waals surface area (Å²) in [5.41, 5.74) is 1.58. The number of amides is 1. The number of carbonyl (C=O) groups excluding carboxylic acids is 2. The molecule has 1 heterocycles. The van der Waals surface area contributed by atoms with Gasteiger partial charge in [-0.3, -0.25) is 4.90 Å². The van der Waals surface area contributed by atoms with Crippen LogP contribution in [0, 0.1) is 0 Å². The van der Waals surface area contributed by atoms with Crippen LogP contribution in [0.3, 0.4) is 0 Å². The highest BCUT2D eigenvalue weighted by Gasteiger charge is 2.50. The normalized spacial score (nSPS) is 18.7. The molecule has 0 spiro atoms. The molecule has 9 heteroatoms. The van der Waals surface area contributed by atoms with Gasteiger partial charge in [0.05, 0.1) is 13.2 Å². The molecule has 1 amide bonds. The van der Waals surface area contributed by atoms with E-state index in [4.69, 9.17) is 18.3 Å². The molecular weight excluding hydrogens is 514 g/mol. The van der Waals surface area contributed by atoms with E-state index in [1.54, 1.807) is 0 Å². The van der Waals surface area contributed by atoms with Crippen LogP contribution in [0.1, 0.15) is 30.2 Å². The Balaban J connectivity index is 1.77. The standard InChI is InChI=1S/C29H37NO6Si2/c1-19(22-15-11-13-20-12-9-10-14-23(20)22)30-26(28(31)33-2)27(34-29(30)32)21-16-17-24(35-37(3,4)5)25(18-21)36-38(6,7)8/h9-19,26-27H,1-8H3. The minimum absolute atomic E-state index is 0.435. The molecule has 4 rings (SSSR count). The Morgan fingerprint density at radius 3 is 2.18 bits per heavy atom. The van der Waals surface area contributed by atoms with E-state index in [0.717, 1.165) is 16.3 Å². The van der Waals surface area contributed by atoms with E-state index >= 15 is 0 Å². The summed E-state index contributed by atoms with van der Waals surface area (Å²) in [7, 11) is -2.60. The first-order chi connectivity index (χ1) is 17.8. The molecule has 1 fully saturated rings. The number of nitrogens with zero attached hydrogens (tertiary/aromatic N) is 1. The third-order valence-electron chi connectivity index (χ3n) is 6.29. The van der Waals surface area contributed by atoms with Gasteiger partial charge in [0.15, 0.2) is 12.1 Å². The lowest BCUT2D eigenvalue weighted by atomic mass is 9.96. The van der Waals surface area contributed by atoms with Crippen molar-refractivity contribution < 1.29 is 27.9 Å². The van der Waals surface area contributed by atoms with Crippen molar-refractivity contribution in [1.29, 1.82) is 0 Å². The van der Waals surface area contributed by atoms with Crippen LogP contribution in [0.25, 0.3) is 10.8 Å². The Morgan fingerprint density at radius 2 is 1.53 bits per heavy atom. The SMILES string of the molecule is COC(=O)C1C(c2ccc(O[Si](C)(C)C)c(O[Si](C)(C)C)c2)OC(=O)N1C(C)c1cccc2ccccc12. The molecule has 38 heavy (non-hydrogen) atoms. The molecule has 0 radical (unpaired) electrons. The van der Waals surface area contributed by atoms with Gasteiger partial charge in [0.1, 0.15) is 11.5 Å². The Morgan fingerprint density at radius 1 is 0.895 bits per heavy atom. The molecule has 3 atom stereocenters. The molecule has 1 saturated heterocycles. The Bertz CT molecular complexity index is 1340. The monoisotopic (exact) mass is 551 g/mol. The topological polar surface area (TPSA) is 74.3 Å². The molecule has 202 valence electrons. The van der Waals surface area contributed by atoms with E-state index < -0.39 is 46.9 Å². The average molecular weight is 552 g/mol. The first-order valence-electron chi connectivity index (χ1n) is 12.9. The maximum Gasteiger partial charge on any atom is 0.411 e. The lowest BCUT2D eigenvalue weighted by molar-refractivity contribution is -0.147. The Labute approximate surface area is 226 Å². The first kappa shape index (κ1) is 27.7. The zero-order valence-corrected chi connectivity index (χ0v) is 25.4. The first-order valence-corrected chi connectivity index (χ1v) is 19.7. The van der Waals surface area contributed by atoms with Crippen molar-refractivity contribution in [3.63, 3.8) is 0 Å². The number of hydrogen-bond donors (Lipinski definition) is 0. The van der Waals surface area contributed by atoms with Crippen molar-refractivity contribution in [1.82, 2.24) is 4.90 Å². The third-order valence-corrected chi connectivity index (χ3v) is 7.95.